The molecule has 6 nitrogen and oxygen atoms in total. The number of thiazole rings is 1. The van der Waals surface area contributed by atoms with Crippen molar-refractivity contribution < 1.29 is 0 Å². The van der Waals surface area contributed by atoms with Crippen LogP contribution < -0.4 is 5.32 Å². The van der Waals surface area contributed by atoms with Crippen LogP contribution in [0, 0.1) is 0 Å². The van der Waals surface area contributed by atoms with Crippen molar-refractivity contribution in [2.75, 3.05) is 5.32 Å². The zero-order valence-corrected chi connectivity index (χ0v) is 14.1. The Labute approximate surface area is 139 Å². The molecule has 1 aromatic carbocycles. The Morgan fingerprint density at radius 1 is 1.26 bits per heavy atom. The van der Waals surface area contributed by atoms with Gasteiger partial charge in [-0.1, -0.05) is 37.6 Å². The molecule has 0 aliphatic carbocycles. The summed E-state index contributed by atoms with van der Waals surface area (Å²) in [6.07, 6.45) is 3.43. The molecule has 0 saturated carbocycles. The average molecular weight is 328 g/mol. The van der Waals surface area contributed by atoms with Gasteiger partial charge in [-0.2, -0.15) is 5.21 Å². The lowest BCUT2D eigenvalue weighted by Crippen LogP contribution is -1.99. The van der Waals surface area contributed by atoms with E-state index in [1.807, 2.05) is 0 Å². The zero-order chi connectivity index (χ0) is 16.1. The van der Waals surface area contributed by atoms with Crippen LogP contribution >= 0.6 is 11.3 Å². The highest BCUT2D eigenvalue weighted by Gasteiger charge is 2.12. The molecule has 7 heteroatoms. The number of rotatable bonds is 7. The van der Waals surface area contributed by atoms with Gasteiger partial charge in [-0.15, -0.1) is 21.5 Å². The van der Waals surface area contributed by atoms with E-state index in [0.717, 1.165) is 22.8 Å². The molecule has 0 unspecified atom stereocenters. The summed E-state index contributed by atoms with van der Waals surface area (Å²) in [5, 5.41) is 20.6. The fraction of sp³-hybridized carbons (Fsp3) is 0.375. The summed E-state index contributed by atoms with van der Waals surface area (Å²) in [6.45, 7) is 4.26. The molecule has 2 aromatic heterocycles. The maximum atomic E-state index is 4.62. The summed E-state index contributed by atoms with van der Waals surface area (Å²) < 4.78 is 0. The van der Waals surface area contributed by atoms with Gasteiger partial charge in [-0.25, -0.2) is 4.98 Å². The molecule has 0 radical (unpaired) electrons. The highest BCUT2D eigenvalue weighted by Crippen LogP contribution is 2.25. The van der Waals surface area contributed by atoms with Crippen molar-refractivity contribution >= 4 is 22.2 Å². The molecule has 0 bridgehead atoms. The lowest BCUT2D eigenvalue weighted by molar-refractivity contribution is 0.781. The SMILES string of the molecule is CCCCc1csc(Nc2ccc([C@@H](C)c3nn[nH]n3)cc2)n1. The average Bonchev–Trinajstić information content (AvgIpc) is 3.25. The Morgan fingerprint density at radius 3 is 2.78 bits per heavy atom. The van der Waals surface area contributed by atoms with E-state index >= 15 is 0 Å². The minimum Gasteiger partial charge on any atom is -0.332 e. The number of unbranched alkanes of at least 4 members (excludes halogenated alkanes) is 1. The largest absolute Gasteiger partial charge is 0.332 e. The number of aryl methyl sites for hydroxylation is 1. The summed E-state index contributed by atoms with van der Waals surface area (Å²) >= 11 is 1.65. The quantitative estimate of drug-likeness (QED) is 0.688. The van der Waals surface area contributed by atoms with E-state index in [-0.39, 0.29) is 5.92 Å². The van der Waals surface area contributed by atoms with Crippen LogP contribution in [0.4, 0.5) is 10.8 Å². The summed E-state index contributed by atoms with van der Waals surface area (Å²) in [6, 6.07) is 8.27. The van der Waals surface area contributed by atoms with Crippen molar-refractivity contribution in [2.45, 2.75) is 39.0 Å². The van der Waals surface area contributed by atoms with Crippen molar-refractivity contribution in [1.82, 2.24) is 25.6 Å². The minimum atomic E-state index is 0.114. The Morgan fingerprint density at radius 2 is 2.09 bits per heavy atom. The number of nitrogens with one attached hydrogen (secondary N) is 2. The Hall–Kier alpha value is -2.28. The van der Waals surface area contributed by atoms with Gasteiger partial charge in [0.15, 0.2) is 11.0 Å². The van der Waals surface area contributed by atoms with Gasteiger partial charge in [-0.05, 0) is 30.5 Å². The Bertz CT molecular complexity index is 719. The second-order valence-corrected chi connectivity index (χ2v) is 6.34. The number of tetrazole rings is 1. The van der Waals surface area contributed by atoms with E-state index in [9.17, 15) is 0 Å². The standard InChI is InChI=1S/C16H20N6S/c1-3-4-5-14-10-23-16(18-14)17-13-8-6-12(7-9-13)11(2)15-19-21-22-20-15/h6-11H,3-5H2,1-2H3,(H,17,18)(H,19,20,21,22)/t11-/m1/s1. The van der Waals surface area contributed by atoms with E-state index in [2.05, 4.69) is 74.4 Å². The highest BCUT2D eigenvalue weighted by molar-refractivity contribution is 7.13. The van der Waals surface area contributed by atoms with Crippen LogP contribution in [0.3, 0.4) is 0 Å². The van der Waals surface area contributed by atoms with Crippen molar-refractivity contribution in [2.24, 2.45) is 0 Å². The summed E-state index contributed by atoms with van der Waals surface area (Å²) in [5.41, 5.74) is 3.35. The fourth-order valence-corrected chi connectivity index (χ4v) is 3.08. The lowest BCUT2D eigenvalue weighted by Gasteiger charge is -2.08. The first-order valence-electron chi connectivity index (χ1n) is 7.81. The maximum absolute atomic E-state index is 4.62. The summed E-state index contributed by atoms with van der Waals surface area (Å²) in [5.74, 6) is 0.814. The summed E-state index contributed by atoms with van der Waals surface area (Å²) in [7, 11) is 0. The fourth-order valence-electron chi connectivity index (χ4n) is 2.32. The van der Waals surface area contributed by atoms with E-state index in [1.54, 1.807) is 11.3 Å². The molecule has 0 saturated heterocycles. The zero-order valence-electron chi connectivity index (χ0n) is 13.3. The van der Waals surface area contributed by atoms with Gasteiger partial charge in [0.2, 0.25) is 0 Å². The molecule has 2 heterocycles. The normalized spacial score (nSPS) is 12.3. The number of nitrogens with zero attached hydrogens (tertiary/aromatic N) is 4. The van der Waals surface area contributed by atoms with Gasteiger partial charge in [0.1, 0.15) is 0 Å². The van der Waals surface area contributed by atoms with Gasteiger partial charge in [0.25, 0.3) is 0 Å². The molecule has 23 heavy (non-hydrogen) atoms. The van der Waals surface area contributed by atoms with Crippen molar-refractivity contribution in [3.63, 3.8) is 0 Å². The first-order valence-corrected chi connectivity index (χ1v) is 8.69. The topological polar surface area (TPSA) is 79.4 Å². The van der Waals surface area contributed by atoms with Crippen LogP contribution in [0.25, 0.3) is 0 Å². The van der Waals surface area contributed by atoms with Crippen molar-refractivity contribution in [3.8, 4) is 0 Å². The van der Waals surface area contributed by atoms with E-state index in [1.165, 1.54) is 18.5 Å². The number of anilines is 2. The Kier molecular flexibility index (Phi) is 4.97. The number of benzene rings is 1. The Balaban J connectivity index is 1.64. The first-order chi connectivity index (χ1) is 11.3. The van der Waals surface area contributed by atoms with Gasteiger partial charge in [0, 0.05) is 17.0 Å². The number of H-pyrrole nitrogens is 1. The molecule has 3 rings (SSSR count). The molecule has 0 aliphatic rings. The molecule has 3 aromatic rings. The maximum Gasteiger partial charge on any atom is 0.187 e. The molecule has 120 valence electrons. The van der Waals surface area contributed by atoms with E-state index in [4.69, 9.17) is 0 Å². The van der Waals surface area contributed by atoms with Crippen molar-refractivity contribution in [3.05, 3.63) is 46.7 Å². The molecule has 1 atom stereocenters. The van der Waals surface area contributed by atoms with Crippen LogP contribution in [0.2, 0.25) is 0 Å². The van der Waals surface area contributed by atoms with Gasteiger partial charge in [-0.3, -0.25) is 0 Å². The number of hydrogen-bond donors (Lipinski definition) is 2. The minimum absolute atomic E-state index is 0.114. The number of aromatic nitrogens is 5. The van der Waals surface area contributed by atoms with Crippen LogP contribution in [0.15, 0.2) is 29.6 Å². The molecule has 2 N–H and O–H groups in total. The van der Waals surface area contributed by atoms with E-state index < -0.39 is 0 Å². The van der Waals surface area contributed by atoms with Crippen LogP contribution in [-0.2, 0) is 6.42 Å². The third kappa shape index (κ3) is 3.92. The van der Waals surface area contributed by atoms with E-state index in [0.29, 0.717) is 5.82 Å². The monoisotopic (exact) mass is 328 g/mol. The molecular formula is C16H20N6S. The predicted molar refractivity (Wildman–Crippen MR) is 92.1 cm³/mol. The van der Waals surface area contributed by atoms with Gasteiger partial charge < -0.3 is 5.32 Å². The summed E-state index contributed by atoms with van der Waals surface area (Å²) in [4.78, 5) is 4.62. The van der Waals surface area contributed by atoms with Gasteiger partial charge >= 0.3 is 0 Å². The molecular weight excluding hydrogens is 308 g/mol. The van der Waals surface area contributed by atoms with Crippen molar-refractivity contribution in [1.29, 1.82) is 0 Å². The van der Waals surface area contributed by atoms with Crippen LogP contribution in [-0.4, -0.2) is 25.6 Å². The molecule has 0 spiro atoms. The lowest BCUT2D eigenvalue weighted by atomic mass is 10.0. The molecule has 0 amide bonds. The highest BCUT2D eigenvalue weighted by atomic mass is 32.1. The predicted octanol–water partition coefficient (Wildman–Crippen LogP) is 3.89. The molecule has 0 aliphatic heterocycles. The third-order valence-corrected chi connectivity index (χ3v) is 4.56. The second kappa shape index (κ2) is 7.32. The van der Waals surface area contributed by atoms with Gasteiger partial charge in [0.05, 0.1) is 5.69 Å². The smallest absolute Gasteiger partial charge is 0.187 e. The molecule has 0 fully saturated rings. The number of aromatic amines is 1. The van der Waals surface area contributed by atoms with Crippen LogP contribution in [0.5, 0.6) is 0 Å². The first kappa shape index (κ1) is 15.6. The van der Waals surface area contributed by atoms with Crippen LogP contribution in [0.1, 0.15) is 49.7 Å². The third-order valence-electron chi connectivity index (χ3n) is 3.75. The number of hydrogen-bond acceptors (Lipinski definition) is 6. The second-order valence-electron chi connectivity index (χ2n) is 5.49.